The Kier molecular flexibility index (Phi) is 9.78. The first-order valence-corrected chi connectivity index (χ1v) is 11.8. The van der Waals surface area contributed by atoms with Crippen molar-refractivity contribution in [1.82, 2.24) is 9.80 Å². The van der Waals surface area contributed by atoms with Gasteiger partial charge in [0.25, 0.3) is 0 Å². The lowest BCUT2D eigenvalue weighted by Gasteiger charge is -2.22. The third kappa shape index (κ3) is 7.56. The number of hydrogen-bond donors (Lipinski definition) is 0. The van der Waals surface area contributed by atoms with Gasteiger partial charge in [0, 0.05) is 40.9 Å². The lowest BCUT2D eigenvalue weighted by Crippen LogP contribution is -2.36. The maximum atomic E-state index is 12.1. The molecule has 0 radical (unpaired) electrons. The van der Waals surface area contributed by atoms with Gasteiger partial charge in [0.05, 0.1) is 26.2 Å². The summed E-state index contributed by atoms with van der Waals surface area (Å²) in [5.74, 6) is 1.99. The van der Waals surface area contributed by atoms with Crippen LogP contribution in [0.3, 0.4) is 0 Å². The van der Waals surface area contributed by atoms with Crippen LogP contribution in [0.5, 0.6) is 0 Å². The highest BCUT2D eigenvalue weighted by atomic mass is 16.7. The van der Waals surface area contributed by atoms with Gasteiger partial charge in [-0.1, -0.05) is 30.7 Å². The van der Waals surface area contributed by atoms with E-state index in [4.69, 9.17) is 14.2 Å². The van der Waals surface area contributed by atoms with E-state index in [9.17, 15) is 4.79 Å². The molecule has 174 valence electrons. The van der Waals surface area contributed by atoms with E-state index in [-0.39, 0.29) is 5.91 Å². The maximum Gasteiger partial charge on any atom is 0.224 e. The van der Waals surface area contributed by atoms with Crippen LogP contribution in [0.25, 0.3) is 0 Å². The van der Waals surface area contributed by atoms with E-state index in [1.54, 1.807) is 26.2 Å². The van der Waals surface area contributed by atoms with E-state index in [0.29, 0.717) is 26.2 Å². The largest absolute Gasteiger partial charge is 0.381 e. The Bertz CT molecular complexity index is 650. The molecular weight excluding hydrogens is 392 g/mol. The zero-order valence-corrected chi connectivity index (χ0v) is 19.6. The Morgan fingerprint density at radius 2 is 1.65 bits per heavy atom. The Morgan fingerprint density at radius 1 is 1.03 bits per heavy atom. The van der Waals surface area contributed by atoms with E-state index in [2.05, 4.69) is 29.2 Å². The fourth-order valence-corrected chi connectivity index (χ4v) is 4.89. The van der Waals surface area contributed by atoms with Crippen LogP contribution in [0.2, 0.25) is 0 Å². The number of fused-ring (bicyclic) bond motifs is 1. The van der Waals surface area contributed by atoms with Crippen LogP contribution in [0.4, 0.5) is 0 Å². The van der Waals surface area contributed by atoms with Crippen LogP contribution in [0.1, 0.15) is 36.8 Å². The summed E-state index contributed by atoms with van der Waals surface area (Å²) in [6, 6.07) is 8.94. The molecule has 1 amide bonds. The summed E-state index contributed by atoms with van der Waals surface area (Å²) in [6.45, 7) is 5.30. The Labute approximate surface area is 187 Å². The number of amides is 1. The molecule has 31 heavy (non-hydrogen) atoms. The average Bonchev–Trinajstić information content (AvgIpc) is 3.38. The summed E-state index contributed by atoms with van der Waals surface area (Å²) in [5, 5.41) is 0. The van der Waals surface area contributed by atoms with Gasteiger partial charge in [-0.15, -0.1) is 0 Å². The van der Waals surface area contributed by atoms with E-state index >= 15 is 0 Å². The zero-order valence-electron chi connectivity index (χ0n) is 19.6. The van der Waals surface area contributed by atoms with Gasteiger partial charge in [-0.05, 0) is 48.6 Å². The highest BCUT2D eigenvalue weighted by Crippen LogP contribution is 2.37. The minimum Gasteiger partial charge on any atom is -0.381 e. The molecule has 6 nitrogen and oxygen atoms in total. The lowest BCUT2D eigenvalue weighted by molar-refractivity contribution is -0.143. The van der Waals surface area contributed by atoms with E-state index in [1.165, 1.54) is 50.0 Å². The fourth-order valence-electron chi connectivity index (χ4n) is 4.89. The SMILES string of the molecule is COC(CN(C)C(=O)CCOCCc1ccc(CCN2CC3CCC[C@H]3C2)cc1)OC. The molecule has 0 bridgehead atoms. The van der Waals surface area contributed by atoms with Crippen molar-refractivity contribution in [3.63, 3.8) is 0 Å². The molecule has 0 N–H and O–H groups in total. The monoisotopic (exact) mass is 432 g/mol. The molecule has 0 spiro atoms. The normalized spacial score (nSPS) is 21.0. The summed E-state index contributed by atoms with van der Waals surface area (Å²) in [5.41, 5.74) is 2.70. The third-order valence-corrected chi connectivity index (χ3v) is 6.91. The highest BCUT2D eigenvalue weighted by molar-refractivity contribution is 5.75. The number of carbonyl (C=O) groups excluding carboxylic acids is 1. The molecule has 1 heterocycles. The Balaban J connectivity index is 1.26. The Morgan fingerprint density at radius 3 is 2.26 bits per heavy atom. The molecule has 1 aliphatic carbocycles. The summed E-state index contributed by atoms with van der Waals surface area (Å²) < 4.78 is 15.9. The summed E-state index contributed by atoms with van der Waals surface area (Å²) in [6.07, 6.45) is 6.33. The maximum absolute atomic E-state index is 12.1. The molecule has 1 unspecified atom stereocenters. The molecule has 6 heteroatoms. The summed E-state index contributed by atoms with van der Waals surface area (Å²) in [4.78, 5) is 16.4. The van der Waals surface area contributed by atoms with Crippen LogP contribution in [0.15, 0.2) is 24.3 Å². The number of likely N-dealkylation sites (tertiary alicyclic amines) is 1. The standard InChI is InChI=1S/C25H40N2O4/c1-26(19-25(29-2)30-3)24(28)13-16-31-15-12-21-9-7-20(8-10-21)11-14-27-17-22-5-4-6-23(22)18-27/h7-10,22-23,25H,4-6,11-19H2,1-3H3/t22-,23?/m0/s1. The van der Waals surface area contributed by atoms with Crippen molar-refractivity contribution in [3.05, 3.63) is 35.4 Å². The zero-order chi connectivity index (χ0) is 22.1. The van der Waals surface area contributed by atoms with Gasteiger partial charge in [0.15, 0.2) is 6.29 Å². The van der Waals surface area contributed by atoms with Gasteiger partial charge in [-0.25, -0.2) is 0 Å². The smallest absolute Gasteiger partial charge is 0.224 e. The van der Waals surface area contributed by atoms with E-state index in [1.807, 2.05) is 0 Å². The van der Waals surface area contributed by atoms with Crippen LogP contribution in [-0.4, -0.2) is 82.7 Å². The van der Waals surface area contributed by atoms with Gasteiger partial charge >= 0.3 is 0 Å². The second kappa shape index (κ2) is 12.5. The number of carbonyl (C=O) groups is 1. The summed E-state index contributed by atoms with van der Waals surface area (Å²) in [7, 11) is 4.89. The molecule has 2 atom stereocenters. The molecule has 1 saturated carbocycles. The van der Waals surface area contributed by atoms with Crippen molar-refractivity contribution in [1.29, 1.82) is 0 Å². The molecule has 1 saturated heterocycles. The van der Waals surface area contributed by atoms with Crippen molar-refractivity contribution < 1.29 is 19.0 Å². The van der Waals surface area contributed by atoms with Crippen molar-refractivity contribution >= 4 is 5.91 Å². The second-order valence-corrected chi connectivity index (χ2v) is 9.06. The first-order chi connectivity index (χ1) is 15.1. The van der Waals surface area contributed by atoms with Gasteiger partial charge in [0.2, 0.25) is 5.91 Å². The van der Waals surface area contributed by atoms with Crippen molar-refractivity contribution in [2.75, 3.05) is 60.7 Å². The van der Waals surface area contributed by atoms with Crippen molar-refractivity contribution in [2.45, 2.75) is 44.8 Å². The first kappa shape index (κ1) is 24.2. The number of nitrogens with zero attached hydrogens (tertiary/aromatic N) is 2. The highest BCUT2D eigenvalue weighted by Gasteiger charge is 2.35. The number of rotatable bonds is 13. The Hall–Kier alpha value is -1.47. The first-order valence-electron chi connectivity index (χ1n) is 11.8. The predicted octanol–water partition coefficient (Wildman–Crippen LogP) is 2.99. The fraction of sp³-hybridized carbons (Fsp3) is 0.720. The number of methoxy groups -OCH3 is 2. The van der Waals surface area contributed by atoms with Crippen molar-refractivity contribution in [2.24, 2.45) is 11.8 Å². The van der Waals surface area contributed by atoms with E-state index < -0.39 is 6.29 Å². The molecule has 1 aliphatic heterocycles. The van der Waals surface area contributed by atoms with Gasteiger partial charge in [-0.3, -0.25) is 4.79 Å². The van der Waals surface area contributed by atoms with Crippen LogP contribution in [-0.2, 0) is 31.8 Å². The molecule has 1 aromatic carbocycles. The molecule has 1 aromatic rings. The van der Waals surface area contributed by atoms with E-state index in [0.717, 1.165) is 24.7 Å². The minimum absolute atomic E-state index is 0.0325. The number of likely N-dealkylation sites (N-methyl/N-ethyl adjacent to an activating group) is 1. The second-order valence-electron chi connectivity index (χ2n) is 9.06. The lowest BCUT2D eigenvalue weighted by atomic mass is 10.0. The van der Waals surface area contributed by atoms with Crippen molar-refractivity contribution in [3.8, 4) is 0 Å². The average molecular weight is 433 g/mol. The number of hydrogen-bond acceptors (Lipinski definition) is 5. The number of ether oxygens (including phenoxy) is 3. The predicted molar refractivity (Wildman–Crippen MR) is 122 cm³/mol. The molecular formula is C25H40N2O4. The molecule has 3 rings (SSSR count). The van der Waals surface area contributed by atoms with Gasteiger partial charge < -0.3 is 24.0 Å². The van der Waals surface area contributed by atoms with Crippen LogP contribution >= 0.6 is 0 Å². The number of benzene rings is 1. The van der Waals surface area contributed by atoms with Crippen LogP contribution < -0.4 is 0 Å². The van der Waals surface area contributed by atoms with Gasteiger partial charge in [-0.2, -0.15) is 0 Å². The van der Waals surface area contributed by atoms with Gasteiger partial charge in [0.1, 0.15) is 0 Å². The summed E-state index contributed by atoms with van der Waals surface area (Å²) >= 11 is 0. The van der Waals surface area contributed by atoms with Crippen LogP contribution in [0, 0.1) is 11.8 Å². The minimum atomic E-state index is -0.396. The molecule has 0 aromatic heterocycles. The topological polar surface area (TPSA) is 51.2 Å². The molecule has 2 fully saturated rings. The third-order valence-electron chi connectivity index (χ3n) is 6.91. The quantitative estimate of drug-likeness (QED) is 0.354. The molecule has 2 aliphatic rings.